The molecule has 1 amide bonds. The van der Waals surface area contributed by atoms with E-state index in [4.69, 9.17) is 5.73 Å². The number of pyridine rings is 1. The summed E-state index contributed by atoms with van der Waals surface area (Å²) in [6.45, 7) is 0.908. The van der Waals surface area contributed by atoms with Gasteiger partial charge in [0.1, 0.15) is 11.8 Å². The van der Waals surface area contributed by atoms with Gasteiger partial charge in [0.25, 0.3) is 0 Å². The zero-order chi connectivity index (χ0) is 17.8. The third kappa shape index (κ3) is 3.89. The molecule has 1 aromatic carbocycles. The third-order valence-corrected chi connectivity index (χ3v) is 3.84. The Balaban J connectivity index is 1.79. The monoisotopic (exact) mass is 336 g/mol. The van der Waals surface area contributed by atoms with E-state index in [1.54, 1.807) is 19.0 Å². The lowest BCUT2D eigenvalue weighted by Gasteiger charge is -2.11. The van der Waals surface area contributed by atoms with E-state index >= 15 is 0 Å². The Labute approximate surface area is 145 Å². The summed E-state index contributed by atoms with van der Waals surface area (Å²) < 4.78 is 0. The predicted octanol–water partition coefficient (Wildman–Crippen LogP) is 1.45. The molecule has 0 saturated heterocycles. The number of anilines is 1. The Morgan fingerprint density at radius 3 is 2.84 bits per heavy atom. The lowest BCUT2D eigenvalue weighted by Crippen LogP contribution is -2.32. The topological polar surface area (TPSA) is 97.0 Å². The molecule has 0 bridgehead atoms. The fourth-order valence-electron chi connectivity index (χ4n) is 2.43. The number of nitrogens with two attached hydrogens (primary N) is 1. The minimum Gasteiger partial charge on any atom is -0.382 e. The van der Waals surface area contributed by atoms with Crippen LogP contribution in [0.25, 0.3) is 22.3 Å². The van der Waals surface area contributed by atoms with Crippen molar-refractivity contribution < 1.29 is 4.79 Å². The van der Waals surface area contributed by atoms with E-state index in [2.05, 4.69) is 20.3 Å². The Hall–Kier alpha value is -3.06. The van der Waals surface area contributed by atoms with Crippen LogP contribution in [0, 0.1) is 0 Å². The lowest BCUT2D eigenvalue weighted by molar-refractivity contribution is -0.127. The van der Waals surface area contributed by atoms with Crippen molar-refractivity contribution in [2.24, 2.45) is 0 Å². The van der Waals surface area contributed by atoms with Gasteiger partial charge in [0.15, 0.2) is 5.82 Å². The van der Waals surface area contributed by atoms with Crippen molar-refractivity contribution in [2.75, 3.05) is 26.4 Å². The summed E-state index contributed by atoms with van der Waals surface area (Å²) >= 11 is 0. The zero-order valence-electron chi connectivity index (χ0n) is 14.2. The van der Waals surface area contributed by atoms with Gasteiger partial charge >= 0.3 is 0 Å². The number of hydrogen-bond donors (Lipinski definition) is 2. The van der Waals surface area contributed by atoms with E-state index in [-0.39, 0.29) is 5.91 Å². The van der Waals surface area contributed by atoms with Gasteiger partial charge in [-0.05, 0) is 23.8 Å². The molecule has 0 aliphatic carbocycles. The molecule has 3 N–H and O–H groups in total. The number of amides is 1. The first-order valence-electron chi connectivity index (χ1n) is 7.92. The van der Waals surface area contributed by atoms with Crippen LogP contribution in [0.4, 0.5) is 5.82 Å². The van der Waals surface area contributed by atoms with Gasteiger partial charge in [-0.25, -0.2) is 15.0 Å². The van der Waals surface area contributed by atoms with Gasteiger partial charge in [-0.1, -0.05) is 18.2 Å². The normalized spacial score (nSPS) is 10.8. The number of carbonyl (C=O) groups excluding carboxylic acids is 1. The number of rotatable bonds is 5. The lowest BCUT2D eigenvalue weighted by atomic mass is 10.1. The number of carbonyl (C=O) groups is 1. The molecule has 2 aromatic heterocycles. The van der Waals surface area contributed by atoms with Crippen LogP contribution < -0.4 is 11.1 Å². The summed E-state index contributed by atoms with van der Waals surface area (Å²) in [5.41, 5.74) is 10.1. The number of hydrogen-bond acceptors (Lipinski definition) is 6. The van der Waals surface area contributed by atoms with Gasteiger partial charge in [-0.3, -0.25) is 4.79 Å². The van der Waals surface area contributed by atoms with Gasteiger partial charge in [0, 0.05) is 26.2 Å². The van der Waals surface area contributed by atoms with Crippen LogP contribution in [-0.4, -0.2) is 46.4 Å². The third-order valence-electron chi connectivity index (χ3n) is 3.84. The molecule has 2 heterocycles. The molecule has 0 aliphatic rings. The van der Waals surface area contributed by atoms with Crippen LogP contribution in [0.5, 0.6) is 0 Å². The molecule has 0 atom stereocenters. The van der Waals surface area contributed by atoms with Crippen molar-refractivity contribution in [1.82, 2.24) is 25.2 Å². The highest BCUT2D eigenvalue weighted by molar-refractivity contribution is 5.85. The van der Waals surface area contributed by atoms with Crippen LogP contribution in [0.3, 0.4) is 0 Å². The van der Waals surface area contributed by atoms with Gasteiger partial charge < -0.3 is 16.0 Å². The van der Waals surface area contributed by atoms with E-state index in [1.165, 1.54) is 6.33 Å². The Morgan fingerprint density at radius 2 is 2.04 bits per heavy atom. The maximum atomic E-state index is 11.6. The second-order valence-electron chi connectivity index (χ2n) is 5.92. The van der Waals surface area contributed by atoms with Gasteiger partial charge in [0.2, 0.25) is 5.91 Å². The van der Waals surface area contributed by atoms with Crippen LogP contribution in [-0.2, 0) is 11.3 Å². The molecular formula is C18H20N6O. The number of fused-ring (bicyclic) bond motifs is 1. The van der Waals surface area contributed by atoms with Crippen LogP contribution in [0.2, 0.25) is 0 Å². The number of nitrogens with zero attached hydrogens (tertiary/aromatic N) is 4. The summed E-state index contributed by atoms with van der Waals surface area (Å²) in [5.74, 6) is 0.412. The number of aromatic nitrogens is 3. The fourth-order valence-corrected chi connectivity index (χ4v) is 2.43. The molecule has 0 spiro atoms. The molecule has 0 aliphatic heterocycles. The minimum absolute atomic E-state index is 0.0443. The van der Waals surface area contributed by atoms with Crippen molar-refractivity contribution >= 4 is 22.8 Å². The highest BCUT2D eigenvalue weighted by atomic mass is 16.2. The summed E-state index contributed by atoms with van der Waals surface area (Å²) in [4.78, 5) is 25.9. The molecular weight excluding hydrogens is 316 g/mol. The standard InChI is InChI=1S/C18H20N6O/c1-24(2)16(25)10-20-9-12-4-3-5-13(8-12)14-6-7-15-17(23-14)18(19)22-11-21-15/h3-8,11,20H,9-10H2,1-2H3,(H2,19,21,22). The van der Waals surface area contributed by atoms with Crippen molar-refractivity contribution in [3.8, 4) is 11.3 Å². The Bertz CT molecular complexity index is 909. The first-order chi connectivity index (χ1) is 12.0. The highest BCUT2D eigenvalue weighted by Gasteiger charge is 2.07. The summed E-state index contributed by atoms with van der Waals surface area (Å²) in [6, 6.07) is 11.8. The van der Waals surface area contributed by atoms with E-state index in [9.17, 15) is 4.79 Å². The van der Waals surface area contributed by atoms with Crippen molar-refractivity contribution in [3.63, 3.8) is 0 Å². The quantitative estimate of drug-likeness (QED) is 0.732. The fraction of sp³-hybridized carbons (Fsp3) is 0.222. The SMILES string of the molecule is CN(C)C(=O)CNCc1cccc(-c2ccc3ncnc(N)c3n2)c1. The molecule has 0 fully saturated rings. The number of benzene rings is 1. The second kappa shape index (κ2) is 7.23. The molecule has 7 nitrogen and oxygen atoms in total. The Morgan fingerprint density at radius 1 is 1.20 bits per heavy atom. The zero-order valence-corrected chi connectivity index (χ0v) is 14.2. The van der Waals surface area contributed by atoms with Gasteiger partial charge in [-0.2, -0.15) is 0 Å². The van der Waals surface area contributed by atoms with E-state index in [0.29, 0.717) is 24.4 Å². The first-order valence-corrected chi connectivity index (χ1v) is 7.92. The van der Waals surface area contributed by atoms with Gasteiger partial charge in [0.05, 0.1) is 17.8 Å². The molecule has 0 unspecified atom stereocenters. The van der Waals surface area contributed by atoms with E-state index in [0.717, 1.165) is 22.3 Å². The van der Waals surface area contributed by atoms with Crippen LogP contribution in [0.1, 0.15) is 5.56 Å². The summed E-state index contributed by atoms with van der Waals surface area (Å²) in [6.07, 6.45) is 1.43. The highest BCUT2D eigenvalue weighted by Crippen LogP contribution is 2.22. The molecule has 7 heteroatoms. The minimum atomic E-state index is 0.0443. The molecule has 128 valence electrons. The molecule has 0 saturated carbocycles. The van der Waals surface area contributed by atoms with Crippen molar-refractivity contribution in [1.29, 1.82) is 0 Å². The maximum absolute atomic E-state index is 11.6. The number of likely N-dealkylation sites (N-methyl/N-ethyl adjacent to an activating group) is 1. The van der Waals surface area contributed by atoms with Crippen LogP contribution >= 0.6 is 0 Å². The first kappa shape index (κ1) is 16.8. The largest absolute Gasteiger partial charge is 0.382 e. The Kier molecular flexibility index (Phi) is 4.85. The summed E-state index contributed by atoms with van der Waals surface area (Å²) in [7, 11) is 3.48. The maximum Gasteiger partial charge on any atom is 0.236 e. The molecule has 0 radical (unpaired) electrons. The van der Waals surface area contributed by atoms with Gasteiger partial charge in [-0.15, -0.1) is 0 Å². The molecule has 3 rings (SSSR count). The van der Waals surface area contributed by atoms with E-state index in [1.807, 2.05) is 36.4 Å². The molecule has 3 aromatic rings. The molecule has 25 heavy (non-hydrogen) atoms. The van der Waals surface area contributed by atoms with Crippen molar-refractivity contribution in [3.05, 3.63) is 48.3 Å². The number of nitrogen functional groups attached to an aromatic ring is 1. The van der Waals surface area contributed by atoms with Crippen molar-refractivity contribution in [2.45, 2.75) is 6.54 Å². The average molecular weight is 336 g/mol. The second-order valence-corrected chi connectivity index (χ2v) is 5.92. The predicted molar refractivity (Wildman–Crippen MR) is 97.6 cm³/mol. The summed E-state index contributed by atoms with van der Waals surface area (Å²) in [5, 5.41) is 3.15. The number of nitrogens with one attached hydrogen (secondary N) is 1. The smallest absolute Gasteiger partial charge is 0.236 e. The van der Waals surface area contributed by atoms with E-state index < -0.39 is 0 Å². The van der Waals surface area contributed by atoms with Crippen LogP contribution in [0.15, 0.2) is 42.7 Å². The average Bonchev–Trinajstić information content (AvgIpc) is 2.62.